The SMILES string of the molecule is Cc1cc(-c2cccc(C#N)c2)cc(C2CC2)n1. The van der Waals surface area contributed by atoms with Gasteiger partial charge in [0.2, 0.25) is 0 Å². The van der Waals surface area contributed by atoms with Crippen molar-refractivity contribution in [2.24, 2.45) is 0 Å². The highest BCUT2D eigenvalue weighted by Crippen LogP contribution is 2.40. The second-order valence-corrected chi connectivity index (χ2v) is 4.89. The largest absolute Gasteiger partial charge is 0.258 e. The second kappa shape index (κ2) is 4.27. The molecule has 1 aromatic heterocycles. The molecule has 0 radical (unpaired) electrons. The Bertz CT molecular complexity index is 634. The van der Waals surface area contributed by atoms with E-state index in [4.69, 9.17) is 5.26 Å². The molecular weight excluding hydrogens is 220 g/mol. The highest BCUT2D eigenvalue weighted by Gasteiger charge is 2.25. The van der Waals surface area contributed by atoms with Gasteiger partial charge < -0.3 is 0 Å². The van der Waals surface area contributed by atoms with Crippen molar-refractivity contribution in [2.45, 2.75) is 25.7 Å². The summed E-state index contributed by atoms with van der Waals surface area (Å²) in [5.41, 5.74) is 5.22. The molecule has 1 aliphatic rings. The Morgan fingerprint density at radius 2 is 2.00 bits per heavy atom. The zero-order valence-corrected chi connectivity index (χ0v) is 10.4. The average molecular weight is 234 g/mol. The van der Waals surface area contributed by atoms with Crippen LogP contribution in [0.3, 0.4) is 0 Å². The van der Waals surface area contributed by atoms with Crippen LogP contribution in [0.25, 0.3) is 11.1 Å². The Morgan fingerprint density at radius 1 is 1.17 bits per heavy atom. The predicted molar refractivity (Wildman–Crippen MR) is 71.1 cm³/mol. The summed E-state index contributed by atoms with van der Waals surface area (Å²) in [6.07, 6.45) is 2.52. The highest BCUT2D eigenvalue weighted by atomic mass is 14.7. The fourth-order valence-electron chi connectivity index (χ4n) is 2.22. The van der Waals surface area contributed by atoms with Gasteiger partial charge in [0.15, 0.2) is 0 Å². The Balaban J connectivity index is 2.07. The molecule has 2 heteroatoms. The molecule has 3 rings (SSSR count). The van der Waals surface area contributed by atoms with Crippen molar-refractivity contribution in [3.63, 3.8) is 0 Å². The smallest absolute Gasteiger partial charge is 0.0991 e. The van der Waals surface area contributed by atoms with Gasteiger partial charge >= 0.3 is 0 Å². The lowest BCUT2D eigenvalue weighted by molar-refractivity contribution is 0.996. The van der Waals surface area contributed by atoms with E-state index in [-0.39, 0.29) is 0 Å². The third-order valence-corrected chi connectivity index (χ3v) is 3.29. The molecule has 1 aromatic carbocycles. The molecule has 0 spiro atoms. The van der Waals surface area contributed by atoms with Crippen LogP contribution >= 0.6 is 0 Å². The minimum Gasteiger partial charge on any atom is -0.258 e. The first-order valence-electron chi connectivity index (χ1n) is 6.25. The molecule has 1 heterocycles. The predicted octanol–water partition coefficient (Wildman–Crippen LogP) is 3.81. The fourth-order valence-corrected chi connectivity index (χ4v) is 2.22. The Hall–Kier alpha value is -2.14. The number of hydrogen-bond donors (Lipinski definition) is 0. The number of aromatic nitrogens is 1. The molecule has 2 nitrogen and oxygen atoms in total. The summed E-state index contributed by atoms with van der Waals surface area (Å²) in [7, 11) is 0. The summed E-state index contributed by atoms with van der Waals surface area (Å²) in [5, 5.41) is 8.95. The van der Waals surface area contributed by atoms with Crippen molar-refractivity contribution < 1.29 is 0 Å². The normalized spacial score (nSPS) is 14.2. The minimum atomic E-state index is 0.655. The molecule has 0 aliphatic heterocycles. The van der Waals surface area contributed by atoms with E-state index in [1.54, 1.807) is 0 Å². The standard InChI is InChI=1S/C16H14N2/c1-11-7-15(9-16(18-11)13-5-6-13)14-4-2-3-12(8-14)10-17/h2-4,7-9,13H,5-6H2,1H3. The molecule has 18 heavy (non-hydrogen) atoms. The maximum atomic E-state index is 8.95. The Kier molecular flexibility index (Phi) is 2.60. The molecular formula is C16H14N2. The third kappa shape index (κ3) is 2.12. The van der Waals surface area contributed by atoms with E-state index in [1.807, 2.05) is 31.2 Å². The van der Waals surface area contributed by atoms with Gasteiger partial charge in [-0.25, -0.2) is 0 Å². The quantitative estimate of drug-likeness (QED) is 0.792. The van der Waals surface area contributed by atoms with Gasteiger partial charge in [-0.05, 0) is 55.2 Å². The maximum Gasteiger partial charge on any atom is 0.0991 e. The molecule has 0 bridgehead atoms. The van der Waals surface area contributed by atoms with E-state index < -0.39 is 0 Å². The van der Waals surface area contributed by atoms with Gasteiger partial charge in [0.1, 0.15) is 0 Å². The van der Waals surface area contributed by atoms with Gasteiger partial charge in [0, 0.05) is 17.3 Å². The van der Waals surface area contributed by atoms with E-state index >= 15 is 0 Å². The minimum absolute atomic E-state index is 0.655. The van der Waals surface area contributed by atoms with E-state index in [0.717, 1.165) is 11.3 Å². The highest BCUT2D eigenvalue weighted by molar-refractivity contribution is 5.66. The summed E-state index contributed by atoms with van der Waals surface area (Å²) in [6.45, 7) is 2.03. The number of rotatable bonds is 2. The molecule has 1 aliphatic carbocycles. The number of nitrogens with zero attached hydrogens (tertiary/aromatic N) is 2. The summed E-state index contributed by atoms with van der Waals surface area (Å²) in [4.78, 5) is 4.60. The zero-order chi connectivity index (χ0) is 12.5. The molecule has 0 atom stereocenters. The van der Waals surface area contributed by atoms with E-state index in [9.17, 15) is 0 Å². The van der Waals surface area contributed by atoms with Crippen LogP contribution in [-0.4, -0.2) is 4.98 Å². The van der Waals surface area contributed by atoms with E-state index in [1.165, 1.54) is 24.1 Å². The van der Waals surface area contributed by atoms with Crippen LogP contribution in [0.5, 0.6) is 0 Å². The maximum absolute atomic E-state index is 8.95. The first-order valence-corrected chi connectivity index (χ1v) is 6.25. The molecule has 2 aromatic rings. The lowest BCUT2D eigenvalue weighted by atomic mass is 10.0. The first kappa shape index (κ1) is 11.0. The molecule has 0 unspecified atom stereocenters. The van der Waals surface area contributed by atoms with Gasteiger partial charge in [-0.15, -0.1) is 0 Å². The summed E-state index contributed by atoms with van der Waals surface area (Å²) in [6, 6.07) is 14.2. The van der Waals surface area contributed by atoms with Crippen LogP contribution < -0.4 is 0 Å². The number of benzene rings is 1. The van der Waals surface area contributed by atoms with Gasteiger partial charge in [-0.1, -0.05) is 12.1 Å². The van der Waals surface area contributed by atoms with E-state index in [0.29, 0.717) is 11.5 Å². The average Bonchev–Trinajstić information content (AvgIpc) is 3.22. The van der Waals surface area contributed by atoms with E-state index in [2.05, 4.69) is 23.2 Å². The Morgan fingerprint density at radius 3 is 2.72 bits per heavy atom. The first-order chi connectivity index (χ1) is 8.76. The summed E-state index contributed by atoms with van der Waals surface area (Å²) < 4.78 is 0. The Labute approximate surface area is 107 Å². The summed E-state index contributed by atoms with van der Waals surface area (Å²) in [5.74, 6) is 0.655. The number of pyridine rings is 1. The number of nitriles is 1. The number of hydrogen-bond acceptors (Lipinski definition) is 2. The molecule has 0 N–H and O–H groups in total. The van der Waals surface area contributed by atoms with Crippen molar-refractivity contribution in [1.29, 1.82) is 5.26 Å². The lowest BCUT2D eigenvalue weighted by Gasteiger charge is -2.06. The molecule has 1 saturated carbocycles. The van der Waals surface area contributed by atoms with Crippen LogP contribution in [0.1, 0.15) is 35.7 Å². The summed E-state index contributed by atoms with van der Waals surface area (Å²) >= 11 is 0. The fraction of sp³-hybridized carbons (Fsp3) is 0.250. The van der Waals surface area contributed by atoms with Gasteiger partial charge in [-0.2, -0.15) is 5.26 Å². The number of aryl methyl sites for hydroxylation is 1. The van der Waals surface area contributed by atoms with Crippen molar-refractivity contribution in [1.82, 2.24) is 4.98 Å². The van der Waals surface area contributed by atoms with Gasteiger partial charge in [-0.3, -0.25) is 4.98 Å². The van der Waals surface area contributed by atoms with Crippen molar-refractivity contribution in [3.8, 4) is 17.2 Å². The second-order valence-electron chi connectivity index (χ2n) is 4.89. The lowest BCUT2D eigenvalue weighted by Crippen LogP contribution is -1.92. The van der Waals surface area contributed by atoms with Gasteiger partial charge in [0.25, 0.3) is 0 Å². The third-order valence-electron chi connectivity index (χ3n) is 3.29. The van der Waals surface area contributed by atoms with Crippen LogP contribution in [0.4, 0.5) is 0 Å². The van der Waals surface area contributed by atoms with Crippen molar-refractivity contribution >= 4 is 0 Å². The molecule has 0 saturated heterocycles. The molecule has 88 valence electrons. The van der Waals surface area contributed by atoms with Crippen molar-refractivity contribution in [3.05, 3.63) is 53.3 Å². The zero-order valence-electron chi connectivity index (χ0n) is 10.4. The monoisotopic (exact) mass is 234 g/mol. The van der Waals surface area contributed by atoms with Crippen LogP contribution in [0, 0.1) is 18.3 Å². The topological polar surface area (TPSA) is 36.7 Å². The van der Waals surface area contributed by atoms with Crippen LogP contribution in [-0.2, 0) is 0 Å². The molecule has 1 fully saturated rings. The molecule has 0 amide bonds. The van der Waals surface area contributed by atoms with Crippen LogP contribution in [0.2, 0.25) is 0 Å². The van der Waals surface area contributed by atoms with Crippen molar-refractivity contribution in [2.75, 3.05) is 0 Å². The van der Waals surface area contributed by atoms with Gasteiger partial charge in [0.05, 0.1) is 11.6 Å². The van der Waals surface area contributed by atoms with Crippen LogP contribution in [0.15, 0.2) is 36.4 Å².